The number of primary amides is 1. The van der Waals surface area contributed by atoms with E-state index >= 15 is 0 Å². The average molecular weight is 343 g/mol. The molecule has 1 saturated carbocycles. The van der Waals surface area contributed by atoms with Crippen LogP contribution < -0.4 is 11.1 Å². The largest absolute Gasteiger partial charge is 0.368 e. The van der Waals surface area contributed by atoms with Crippen molar-refractivity contribution in [3.8, 4) is 0 Å². The zero-order chi connectivity index (χ0) is 17.6. The highest BCUT2D eigenvalue weighted by atomic mass is 16.2. The lowest BCUT2D eigenvalue weighted by Gasteiger charge is -2.36. The number of benzene rings is 1. The third-order valence-corrected chi connectivity index (χ3v) is 5.60. The Morgan fingerprint density at radius 3 is 2.24 bits per heavy atom. The van der Waals surface area contributed by atoms with E-state index in [1.165, 1.54) is 19.3 Å². The van der Waals surface area contributed by atoms with E-state index < -0.39 is 6.04 Å². The van der Waals surface area contributed by atoms with Crippen LogP contribution in [0.3, 0.4) is 0 Å². The van der Waals surface area contributed by atoms with Crippen molar-refractivity contribution >= 4 is 11.8 Å². The summed E-state index contributed by atoms with van der Waals surface area (Å²) in [5.74, 6) is -0.0688. The van der Waals surface area contributed by atoms with Gasteiger partial charge >= 0.3 is 0 Å². The molecule has 2 aliphatic rings. The summed E-state index contributed by atoms with van der Waals surface area (Å²) in [5.41, 5.74) is 6.59. The fourth-order valence-corrected chi connectivity index (χ4v) is 4.18. The predicted octanol–water partition coefficient (Wildman–Crippen LogP) is 2.37. The molecule has 1 aromatic carbocycles. The maximum Gasteiger partial charge on any atom is 0.239 e. The number of amides is 2. The second kappa shape index (κ2) is 8.48. The molecule has 2 amide bonds. The second-order valence-electron chi connectivity index (χ2n) is 7.37. The van der Waals surface area contributed by atoms with Crippen LogP contribution in [-0.2, 0) is 9.59 Å². The molecule has 3 rings (SSSR count). The minimum absolute atomic E-state index is 0.0578. The maximum absolute atomic E-state index is 12.5. The molecule has 1 saturated heterocycles. The van der Waals surface area contributed by atoms with E-state index in [1.807, 2.05) is 30.3 Å². The third kappa shape index (κ3) is 4.60. The lowest BCUT2D eigenvalue weighted by molar-refractivity contribution is -0.128. The number of nitrogens with two attached hydrogens (primary N) is 1. The van der Waals surface area contributed by atoms with E-state index in [-0.39, 0.29) is 17.7 Å². The van der Waals surface area contributed by atoms with Crippen LogP contribution in [-0.4, -0.2) is 35.8 Å². The Hall–Kier alpha value is -1.88. The molecule has 1 aromatic rings. The summed E-state index contributed by atoms with van der Waals surface area (Å²) in [6.07, 6.45) is 7.54. The van der Waals surface area contributed by atoms with E-state index in [0.717, 1.165) is 44.3 Å². The number of rotatable bonds is 5. The van der Waals surface area contributed by atoms with Gasteiger partial charge in [0.1, 0.15) is 6.04 Å². The van der Waals surface area contributed by atoms with Gasteiger partial charge in [0.25, 0.3) is 0 Å². The molecule has 1 heterocycles. The fourth-order valence-electron chi connectivity index (χ4n) is 4.18. The predicted molar refractivity (Wildman–Crippen MR) is 97.7 cm³/mol. The molecule has 5 nitrogen and oxygen atoms in total. The average Bonchev–Trinajstić information content (AvgIpc) is 2.64. The molecule has 1 aliphatic heterocycles. The Bertz CT molecular complexity index is 576. The van der Waals surface area contributed by atoms with Crippen LogP contribution in [0.4, 0.5) is 0 Å². The van der Waals surface area contributed by atoms with Gasteiger partial charge in [-0.2, -0.15) is 0 Å². The Balaban J connectivity index is 1.55. The molecule has 0 aromatic heterocycles. The van der Waals surface area contributed by atoms with Crippen LogP contribution in [0.25, 0.3) is 0 Å². The van der Waals surface area contributed by atoms with Gasteiger partial charge in [-0.25, -0.2) is 0 Å². The van der Waals surface area contributed by atoms with Crippen molar-refractivity contribution in [2.75, 3.05) is 13.1 Å². The number of carbonyl (C=O) groups excluding carboxylic acids is 2. The number of likely N-dealkylation sites (tertiary alicyclic amines) is 1. The van der Waals surface area contributed by atoms with Gasteiger partial charge < -0.3 is 11.1 Å². The summed E-state index contributed by atoms with van der Waals surface area (Å²) >= 11 is 0. The summed E-state index contributed by atoms with van der Waals surface area (Å²) in [4.78, 5) is 26.6. The smallest absolute Gasteiger partial charge is 0.239 e. The molecule has 5 heteroatoms. The first-order valence-corrected chi connectivity index (χ1v) is 9.54. The zero-order valence-electron chi connectivity index (χ0n) is 14.8. The summed E-state index contributed by atoms with van der Waals surface area (Å²) in [7, 11) is 0. The van der Waals surface area contributed by atoms with Crippen molar-refractivity contribution in [2.45, 2.75) is 57.0 Å². The quantitative estimate of drug-likeness (QED) is 0.862. The Kier molecular flexibility index (Phi) is 6.08. The Morgan fingerprint density at radius 1 is 1.00 bits per heavy atom. The molecule has 25 heavy (non-hydrogen) atoms. The van der Waals surface area contributed by atoms with Crippen molar-refractivity contribution in [1.82, 2.24) is 10.2 Å². The van der Waals surface area contributed by atoms with Crippen LogP contribution in [0.1, 0.15) is 56.6 Å². The van der Waals surface area contributed by atoms with Gasteiger partial charge in [0, 0.05) is 12.0 Å². The van der Waals surface area contributed by atoms with Gasteiger partial charge in [-0.3, -0.25) is 14.5 Å². The molecule has 1 aliphatic carbocycles. The topological polar surface area (TPSA) is 75.4 Å². The molecular weight excluding hydrogens is 314 g/mol. The normalized spacial score (nSPS) is 21.6. The molecule has 0 bridgehead atoms. The van der Waals surface area contributed by atoms with E-state index in [4.69, 9.17) is 5.73 Å². The number of hydrogen-bond donors (Lipinski definition) is 2. The standard InChI is InChI=1S/C20H29N3O2/c21-19(24)18(15-7-3-1-4-8-15)23-13-11-16(12-14-23)20(25)22-17-9-5-2-6-10-17/h1,3-4,7-8,16-18H,2,5-6,9-14H2,(H2,21,24)(H,22,25)/t18-/m1/s1. The van der Waals surface area contributed by atoms with Crippen LogP contribution >= 0.6 is 0 Å². The molecule has 2 fully saturated rings. The van der Waals surface area contributed by atoms with E-state index in [2.05, 4.69) is 10.2 Å². The first-order valence-electron chi connectivity index (χ1n) is 9.54. The minimum Gasteiger partial charge on any atom is -0.368 e. The van der Waals surface area contributed by atoms with Gasteiger partial charge in [0.05, 0.1) is 0 Å². The number of carbonyl (C=O) groups is 2. The highest BCUT2D eigenvalue weighted by molar-refractivity contribution is 5.82. The first-order chi connectivity index (χ1) is 12.1. The zero-order valence-corrected chi connectivity index (χ0v) is 14.8. The van der Waals surface area contributed by atoms with Gasteiger partial charge in [0.2, 0.25) is 11.8 Å². The third-order valence-electron chi connectivity index (χ3n) is 5.60. The molecule has 0 spiro atoms. The van der Waals surface area contributed by atoms with Gasteiger partial charge in [-0.1, -0.05) is 49.6 Å². The van der Waals surface area contributed by atoms with Crippen LogP contribution in [0.5, 0.6) is 0 Å². The molecular formula is C20H29N3O2. The number of nitrogens with one attached hydrogen (secondary N) is 1. The lowest BCUT2D eigenvalue weighted by atomic mass is 9.91. The fraction of sp³-hybridized carbons (Fsp3) is 0.600. The van der Waals surface area contributed by atoms with Crippen molar-refractivity contribution in [2.24, 2.45) is 11.7 Å². The summed E-state index contributed by atoms with van der Waals surface area (Å²) in [6.45, 7) is 1.45. The maximum atomic E-state index is 12.5. The Morgan fingerprint density at radius 2 is 1.64 bits per heavy atom. The van der Waals surface area contributed by atoms with Crippen molar-refractivity contribution in [3.63, 3.8) is 0 Å². The number of piperidine rings is 1. The second-order valence-corrected chi connectivity index (χ2v) is 7.37. The molecule has 0 radical (unpaired) electrons. The van der Waals surface area contributed by atoms with Gasteiger partial charge in [0.15, 0.2) is 0 Å². The number of nitrogens with zero attached hydrogens (tertiary/aromatic N) is 1. The van der Waals surface area contributed by atoms with E-state index in [1.54, 1.807) is 0 Å². The highest BCUT2D eigenvalue weighted by Crippen LogP contribution is 2.27. The Labute approximate surface area is 150 Å². The molecule has 3 N–H and O–H groups in total. The van der Waals surface area contributed by atoms with Crippen molar-refractivity contribution < 1.29 is 9.59 Å². The summed E-state index contributed by atoms with van der Waals surface area (Å²) in [5, 5.41) is 3.24. The highest BCUT2D eigenvalue weighted by Gasteiger charge is 2.32. The van der Waals surface area contributed by atoms with Crippen LogP contribution in [0, 0.1) is 5.92 Å². The molecule has 1 atom stereocenters. The van der Waals surface area contributed by atoms with Gasteiger partial charge in [-0.15, -0.1) is 0 Å². The van der Waals surface area contributed by atoms with Crippen LogP contribution in [0.15, 0.2) is 30.3 Å². The first kappa shape index (κ1) is 17.9. The van der Waals surface area contributed by atoms with Crippen molar-refractivity contribution in [1.29, 1.82) is 0 Å². The molecule has 0 unspecified atom stereocenters. The minimum atomic E-state index is -0.399. The summed E-state index contributed by atoms with van der Waals surface area (Å²) in [6, 6.07) is 9.63. The lowest BCUT2D eigenvalue weighted by Crippen LogP contribution is -2.47. The number of hydrogen-bond acceptors (Lipinski definition) is 3. The summed E-state index contributed by atoms with van der Waals surface area (Å²) < 4.78 is 0. The van der Waals surface area contributed by atoms with Gasteiger partial charge in [-0.05, 0) is 44.3 Å². The monoisotopic (exact) mass is 343 g/mol. The van der Waals surface area contributed by atoms with Crippen LogP contribution in [0.2, 0.25) is 0 Å². The van der Waals surface area contributed by atoms with E-state index in [9.17, 15) is 9.59 Å². The van der Waals surface area contributed by atoms with Crippen molar-refractivity contribution in [3.05, 3.63) is 35.9 Å². The SMILES string of the molecule is NC(=O)[C@@H](c1ccccc1)N1CCC(C(=O)NC2CCCCC2)CC1. The van der Waals surface area contributed by atoms with E-state index in [0.29, 0.717) is 6.04 Å². The molecule has 136 valence electrons.